The maximum Gasteiger partial charge on any atom is 0.274 e. The number of fused-ring (bicyclic) bond motifs is 1. The number of hydrogen-bond acceptors (Lipinski definition) is 7. The summed E-state index contributed by atoms with van der Waals surface area (Å²) in [7, 11) is 0. The molecule has 1 aliphatic heterocycles. The first-order chi connectivity index (χ1) is 13.0. The molecule has 0 aromatic carbocycles. The molecule has 3 aromatic heterocycles. The van der Waals surface area contributed by atoms with Gasteiger partial charge in [-0.3, -0.25) is 9.78 Å². The number of carbonyl (C=O) groups is 1. The molecular weight excluding hydrogens is 367 g/mol. The largest absolute Gasteiger partial charge is 0.348 e. The quantitative estimate of drug-likeness (QED) is 0.699. The molecule has 4 rings (SSSR count). The lowest BCUT2D eigenvalue weighted by Gasteiger charge is -2.38. The summed E-state index contributed by atoms with van der Waals surface area (Å²) in [4.78, 5) is 27.4. The first kappa shape index (κ1) is 17.7. The van der Waals surface area contributed by atoms with Crippen molar-refractivity contribution in [1.29, 1.82) is 0 Å². The number of aromatic nitrogens is 3. The van der Waals surface area contributed by atoms with Crippen molar-refractivity contribution >= 4 is 33.4 Å². The topological polar surface area (TPSA) is 97.0 Å². The lowest BCUT2D eigenvalue weighted by atomic mass is 10.00. The van der Waals surface area contributed by atoms with Gasteiger partial charge in [0.2, 0.25) is 5.95 Å². The number of likely N-dealkylation sites (tertiary alicyclic amines) is 1. The maximum absolute atomic E-state index is 13.4. The molecule has 0 saturated carbocycles. The molecule has 1 fully saturated rings. The smallest absolute Gasteiger partial charge is 0.274 e. The molecule has 140 valence electrons. The highest BCUT2D eigenvalue weighted by molar-refractivity contribution is 7.17. The molecule has 27 heavy (non-hydrogen) atoms. The number of nitrogens with two attached hydrogens (primary N) is 1. The molecular formula is C18H19FN6OS. The van der Waals surface area contributed by atoms with Gasteiger partial charge in [0.15, 0.2) is 5.69 Å². The molecule has 9 heteroatoms. The molecule has 0 spiro atoms. The van der Waals surface area contributed by atoms with Crippen molar-refractivity contribution in [2.45, 2.75) is 13.0 Å². The normalized spacial score (nSPS) is 15.6. The number of thiophene rings is 1. The van der Waals surface area contributed by atoms with E-state index in [1.54, 1.807) is 11.1 Å². The molecule has 0 unspecified atom stereocenters. The molecule has 4 heterocycles. The number of nitrogens with one attached hydrogen (secondary N) is 1. The highest BCUT2D eigenvalue weighted by Gasteiger charge is 2.32. The van der Waals surface area contributed by atoms with Crippen molar-refractivity contribution in [2.24, 2.45) is 11.7 Å². The van der Waals surface area contributed by atoms with Crippen LogP contribution in [0.15, 0.2) is 29.9 Å². The van der Waals surface area contributed by atoms with Gasteiger partial charge >= 0.3 is 0 Å². The Bertz CT molecular complexity index is 987. The molecule has 3 aromatic rings. The van der Waals surface area contributed by atoms with Gasteiger partial charge in [0.05, 0.1) is 22.5 Å². The third kappa shape index (κ3) is 3.47. The van der Waals surface area contributed by atoms with E-state index >= 15 is 0 Å². The number of nitrogens with zero attached hydrogens (tertiary/aromatic N) is 4. The molecule has 3 N–H and O–H groups in total. The van der Waals surface area contributed by atoms with Gasteiger partial charge in [0.1, 0.15) is 5.82 Å². The van der Waals surface area contributed by atoms with E-state index in [-0.39, 0.29) is 11.9 Å². The van der Waals surface area contributed by atoms with Crippen LogP contribution in [0.25, 0.3) is 10.2 Å². The second kappa shape index (κ2) is 7.16. The molecule has 0 radical (unpaired) electrons. The first-order valence-corrected chi connectivity index (χ1v) is 9.54. The summed E-state index contributed by atoms with van der Waals surface area (Å²) in [5, 5.41) is 5.03. The molecule has 1 aliphatic rings. The van der Waals surface area contributed by atoms with E-state index in [0.717, 1.165) is 10.9 Å². The van der Waals surface area contributed by atoms with E-state index in [0.29, 0.717) is 48.3 Å². The number of amides is 1. The van der Waals surface area contributed by atoms with Crippen molar-refractivity contribution < 1.29 is 9.18 Å². The average molecular weight is 386 g/mol. The van der Waals surface area contributed by atoms with Gasteiger partial charge in [-0.25, -0.2) is 14.4 Å². The Morgan fingerprint density at radius 1 is 1.44 bits per heavy atom. The van der Waals surface area contributed by atoms with Gasteiger partial charge in [-0.05, 0) is 36.5 Å². The standard InChI is InChI=1S/C18H19FN6OS/c1-10(12-4-13(19)7-21-6-12)22-18-23-14-2-3-27-16(14)15(24-18)17(26)25-8-11(5-20)9-25/h2-4,6-7,10-11H,5,8-9,20H2,1H3,(H,22,23,24)/t10-/m0/s1. The highest BCUT2D eigenvalue weighted by Crippen LogP contribution is 2.28. The third-order valence-electron chi connectivity index (χ3n) is 4.66. The molecule has 0 aliphatic carbocycles. The summed E-state index contributed by atoms with van der Waals surface area (Å²) in [6, 6.07) is 3.00. The number of anilines is 1. The first-order valence-electron chi connectivity index (χ1n) is 8.66. The van der Waals surface area contributed by atoms with Gasteiger partial charge in [0, 0.05) is 25.2 Å². The Labute approximate surface area is 159 Å². The Kier molecular flexibility index (Phi) is 4.71. The van der Waals surface area contributed by atoms with Crippen LogP contribution >= 0.6 is 11.3 Å². The summed E-state index contributed by atoms with van der Waals surface area (Å²) < 4.78 is 14.2. The van der Waals surface area contributed by atoms with Crippen LogP contribution in [0.1, 0.15) is 29.0 Å². The monoisotopic (exact) mass is 386 g/mol. The van der Waals surface area contributed by atoms with Crippen LogP contribution in [0.5, 0.6) is 0 Å². The molecule has 1 atom stereocenters. The van der Waals surface area contributed by atoms with Crippen molar-refractivity contribution in [3.63, 3.8) is 0 Å². The summed E-state index contributed by atoms with van der Waals surface area (Å²) in [5.74, 6) is 0.167. The van der Waals surface area contributed by atoms with E-state index in [9.17, 15) is 9.18 Å². The third-order valence-corrected chi connectivity index (χ3v) is 5.57. The number of halogens is 1. The van der Waals surface area contributed by atoms with Crippen molar-refractivity contribution in [1.82, 2.24) is 19.9 Å². The van der Waals surface area contributed by atoms with Gasteiger partial charge < -0.3 is 16.0 Å². The van der Waals surface area contributed by atoms with E-state index in [1.165, 1.54) is 17.4 Å². The van der Waals surface area contributed by atoms with Crippen LogP contribution in [-0.2, 0) is 0 Å². The van der Waals surface area contributed by atoms with Crippen molar-refractivity contribution in [2.75, 3.05) is 25.0 Å². The fourth-order valence-corrected chi connectivity index (χ4v) is 3.86. The van der Waals surface area contributed by atoms with E-state index in [2.05, 4.69) is 20.3 Å². The summed E-state index contributed by atoms with van der Waals surface area (Å²) in [6.07, 6.45) is 2.74. The van der Waals surface area contributed by atoms with Crippen LogP contribution in [-0.4, -0.2) is 45.4 Å². The number of rotatable bonds is 5. The zero-order chi connectivity index (χ0) is 19.0. The Morgan fingerprint density at radius 3 is 3.00 bits per heavy atom. The Morgan fingerprint density at radius 2 is 2.26 bits per heavy atom. The van der Waals surface area contributed by atoms with Crippen LogP contribution in [0.2, 0.25) is 0 Å². The lowest BCUT2D eigenvalue weighted by molar-refractivity contribution is 0.0512. The molecule has 7 nitrogen and oxygen atoms in total. The minimum Gasteiger partial charge on any atom is -0.348 e. The summed E-state index contributed by atoms with van der Waals surface area (Å²) in [5.41, 5.74) is 7.42. The van der Waals surface area contributed by atoms with Crippen LogP contribution < -0.4 is 11.1 Å². The van der Waals surface area contributed by atoms with E-state index < -0.39 is 5.82 Å². The Hall–Kier alpha value is -2.65. The van der Waals surface area contributed by atoms with E-state index in [4.69, 9.17) is 5.73 Å². The average Bonchev–Trinajstić information content (AvgIpc) is 3.08. The van der Waals surface area contributed by atoms with Gasteiger partial charge in [-0.15, -0.1) is 11.3 Å². The zero-order valence-electron chi connectivity index (χ0n) is 14.7. The van der Waals surface area contributed by atoms with Gasteiger partial charge in [-0.2, -0.15) is 0 Å². The van der Waals surface area contributed by atoms with Crippen LogP contribution in [0.4, 0.5) is 10.3 Å². The summed E-state index contributed by atoms with van der Waals surface area (Å²) >= 11 is 1.44. The minimum atomic E-state index is -0.404. The predicted octanol–water partition coefficient (Wildman–Crippen LogP) is 2.43. The fourth-order valence-electron chi connectivity index (χ4n) is 3.05. The molecule has 1 amide bonds. The molecule has 1 saturated heterocycles. The Balaban J connectivity index is 1.61. The predicted molar refractivity (Wildman–Crippen MR) is 102 cm³/mol. The van der Waals surface area contributed by atoms with Crippen LogP contribution in [0, 0.1) is 11.7 Å². The van der Waals surface area contributed by atoms with Crippen LogP contribution in [0.3, 0.4) is 0 Å². The van der Waals surface area contributed by atoms with Gasteiger partial charge in [-0.1, -0.05) is 0 Å². The minimum absolute atomic E-state index is 0.113. The van der Waals surface area contributed by atoms with Crippen molar-refractivity contribution in [3.8, 4) is 0 Å². The number of hydrogen-bond donors (Lipinski definition) is 2. The zero-order valence-corrected chi connectivity index (χ0v) is 15.5. The van der Waals surface area contributed by atoms with Gasteiger partial charge in [0.25, 0.3) is 5.91 Å². The number of carbonyl (C=O) groups excluding carboxylic acids is 1. The lowest BCUT2D eigenvalue weighted by Crippen LogP contribution is -2.52. The SMILES string of the molecule is C[C@H](Nc1nc(C(=O)N2CC(CN)C2)c2sccc2n1)c1cncc(F)c1. The fraction of sp³-hybridized carbons (Fsp3) is 0.333. The maximum atomic E-state index is 13.4. The van der Waals surface area contributed by atoms with E-state index in [1.807, 2.05) is 18.4 Å². The molecule has 0 bridgehead atoms. The number of pyridine rings is 1. The second-order valence-electron chi connectivity index (χ2n) is 6.65. The second-order valence-corrected chi connectivity index (χ2v) is 7.56. The summed E-state index contributed by atoms with van der Waals surface area (Å²) in [6.45, 7) is 3.75. The highest BCUT2D eigenvalue weighted by atomic mass is 32.1. The van der Waals surface area contributed by atoms with Crippen molar-refractivity contribution in [3.05, 3.63) is 47.0 Å².